The molecule has 7 nitrogen and oxygen atoms in total. The summed E-state index contributed by atoms with van der Waals surface area (Å²) in [5.41, 5.74) is 2.97. The molecule has 33 heavy (non-hydrogen) atoms. The minimum absolute atomic E-state index is 0.0299. The van der Waals surface area contributed by atoms with Crippen molar-refractivity contribution in [2.75, 3.05) is 0 Å². The van der Waals surface area contributed by atoms with Gasteiger partial charge in [0.15, 0.2) is 5.65 Å². The van der Waals surface area contributed by atoms with Gasteiger partial charge in [0.05, 0.1) is 22.8 Å². The molecule has 1 saturated carbocycles. The van der Waals surface area contributed by atoms with E-state index in [2.05, 4.69) is 15.7 Å². The first kappa shape index (κ1) is 23.0. The Morgan fingerprint density at radius 2 is 1.85 bits per heavy atom. The van der Waals surface area contributed by atoms with Gasteiger partial charge in [-0.1, -0.05) is 36.8 Å². The van der Waals surface area contributed by atoms with Crippen molar-refractivity contribution >= 4 is 22.8 Å². The number of nitrogens with one attached hydrogen (secondary N) is 2. The molecule has 1 aliphatic carbocycles. The lowest BCUT2D eigenvalue weighted by Crippen LogP contribution is -2.43. The standard InChI is InChI=1S/C26H33N5O2/c1-16(2)28-25(32)19-11-8-12-20(13-19)29-26(33)21-14-23(18-9-6-5-7-10-18)30-24-22(21)15-27-31(24)17(3)4/h5-7,9-10,14-17,19-20H,8,11-13H2,1-4H3,(H,28,32)(H,29,33). The average Bonchev–Trinajstić information content (AvgIpc) is 3.23. The van der Waals surface area contributed by atoms with Crippen molar-refractivity contribution in [3.8, 4) is 11.3 Å². The van der Waals surface area contributed by atoms with Crippen molar-refractivity contribution in [1.29, 1.82) is 0 Å². The molecule has 2 aromatic heterocycles. The highest BCUT2D eigenvalue weighted by molar-refractivity contribution is 6.06. The Labute approximate surface area is 195 Å². The molecule has 0 spiro atoms. The number of aromatic nitrogens is 3. The maximum Gasteiger partial charge on any atom is 0.252 e. The monoisotopic (exact) mass is 447 g/mol. The molecule has 0 radical (unpaired) electrons. The summed E-state index contributed by atoms with van der Waals surface area (Å²) < 4.78 is 1.85. The lowest BCUT2D eigenvalue weighted by atomic mass is 9.85. The molecule has 2 atom stereocenters. The number of fused-ring (bicyclic) bond motifs is 1. The zero-order chi connectivity index (χ0) is 23.5. The van der Waals surface area contributed by atoms with E-state index in [-0.39, 0.29) is 35.9 Å². The van der Waals surface area contributed by atoms with Crippen LogP contribution in [-0.2, 0) is 4.79 Å². The van der Waals surface area contributed by atoms with Gasteiger partial charge in [0.1, 0.15) is 0 Å². The normalized spacial score (nSPS) is 18.6. The third-order valence-corrected chi connectivity index (χ3v) is 6.18. The van der Waals surface area contributed by atoms with E-state index in [9.17, 15) is 9.59 Å². The van der Waals surface area contributed by atoms with E-state index in [1.165, 1.54) is 0 Å². The van der Waals surface area contributed by atoms with Crippen LogP contribution < -0.4 is 10.6 Å². The molecule has 0 aliphatic heterocycles. The first-order chi connectivity index (χ1) is 15.8. The van der Waals surface area contributed by atoms with Crippen LogP contribution in [0.15, 0.2) is 42.6 Å². The summed E-state index contributed by atoms with van der Waals surface area (Å²) >= 11 is 0. The Balaban J connectivity index is 1.63. The Kier molecular flexibility index (Phi) is 6.77. The lowest BCUT2D eigenvalue weighted by Gasteiger charge is -2.29. The first-order valence-corrected chi connectivity index (χ1v) is 11.9. The second kappa shape index (κ2) is 9.73. The number of carbonyl (C=O) groups is 2. The van der Waals surface area contributed by atoms with E-state index in [0.717, 1.165) is 35.9 Å². The third-order valence-electron chi connectivity index (χ3n) is 6.18. The first-order valence-electron chi connectivity index (χ1n) is 11.9. The molecule has 174 valence electrons. The van der Waals surface area contributed by atoms with Gasteiger partial charge < -0.3 is 10.6 Å². The maximum atomic E-state index is 13.5. The van der Waals surface area contributed by atoms with Crippen LogP contribution >= 0.6 is 0 Å². The highest BCUT2D eigenvalue weighted by atomic mass is 16.2. The van der Waals surface area contributed by atoms with Crippen LogP contribution in [0.3, 0.4) is 0 Å². The van der Waals surface area contributed by atoms with E-state index in [1.807, 2.05) is 68.8 Å². The molecule has 2 amide bonds. The number of hydrogen-bond acceptors (Lipinski definition) is 4. The summed E-state index contributed by atoms with van der Waals surface area (Å²) in [5, 5.41) is 11.5. The van der Waals surface area contributed by atoms with E-state index >= 15 is 0 Å². The Morgan fingerprint density at radius 3 is 2.55 bits per heavy atom. The molecule has 2 N–H and O–H groups in total. The van der Waals surface area contributed by atoms with Crippen LogP contribution in [0.2, 0.25) is 0 Å². The van der Waals surface area contributed by atoms with Crippen LogP contribution in [0.5, 0.6) is 0 Å². The number of amides is 2. The molecular weight excluding hydrogens is 414 g/mol. The quantitative estimate of drug-likeness (QED) is 0.583. The van der Waals surface area contributed by atoms with Crippen LogP contribution in [0, 0.1) is 5.92 Å². The van der Waals surface area contributed by atoms with E-state index in [1.54, 1.807) is 6.20 Å². The fraction of sp³-hybridized carbons (Fsp3) is 0.462. The van der Waals surface area contributed by atoms with Crippen LogP contribution in [0.1, 0.15) is 69.8 Å². The molecule has 1 aliphatic rings. The lowest BCUT2D eigenvalue weighted by molar-refractivity contribution is -0.126. The van der Waals surface area contributed by atoms with Gasteiger partial charge in [-0.3, -0.25) is 9.59 Å². The van der Waals surface area contributed by atoms with Gasteiger partial charge in [0.25, 0.3) is 5.91 Å². The number of pyridine rings is 1. The maximum absolute atomic E-state index is 13.5. The van der Waals surface area contributed by atoms with Crippen molar-refractivity contribution < 1.29 is 9.59 Å². The third kappa shape index (κ3) is 5.07. The van der Waals surface area contributed by atoms with Gasteiger partial charge in [-0.05, 0) is 53.0 Å². The fourth-order valence-corrected chi connectivity index (χ4v) is 4.57. The van der Waals surface area contributed by atoms with Crippen molar-refractivity contribution in [3.63, 3.8) is 0 Å². The summed E-state index contributed by atoms with van der Waals surface area (Å²) in [5.74, 6) is -0.120. The molecule has 0 bridgehead atoms. The molecular formula is C26H33N5O2. The van der Waals surface area contributed by atoms with Gasteiger partial charge in [0, 0.05) is 29.6 Å². The molecule has 3 aromatic rings. The van der Waals surface area contributed by atoms with E-state index in [4.69, 9.17) is 4.98 Å². The van der Waals surface area contributed by atoms with Gasteiger partial charge in [-0.2, -0.15) is 5.10 Å². The Bertz CT molecular complexity index is 1140. The Morgan fingerprint density at radius 1 is 1.09 bits per heavy atom. The molecule has 0 saturated heterocycles. The van der Waals surface area contributed by atoms with E-state index < -0.39 is 0 Å². The molecule has 2 heterocycles. The number of rotatable bonds is 6. The van der Waals surface area contributed by atoms with Crippen molar-refractivity contribution in [2.24, 2.45) is 5.92 Å². The highest BCUT2D eigenvalue weighted by Crippen LogP contribution is 2.28. The zero-order valence-corrected chi connectivity index (χ0v) is 19.8. The van der Waals surface area contributed by atoms with Crippen LogP contribution in [0.4, 0.5) is 0 Å². The van der Waals surface area contributed by atoms with E-state index in [0.29, 0.717) is 17.6 Å². The van der Waals surface area contributed by atoms with Crippen LogP contribution in [-0.4, -0.2) is 38.7 Å². The second-order valence-corrected chi connectivity index (χ2v) is 9.54. The summed E-state index contributed by atoms with van der Waals surface area (Å²) in [7, 11) is 0. The van der Waals surface area contributed by atoms with Gasteiger partial charge in [0.2, 0.25) is 5.91 Å². The molecule has 2 unspecified atom stereocenters. The predicted molar refractivity (Wildman–Crippen MR) is 130 cm³/mol. The SMILES string of the molecule is CC(C)NC(=O)C1CCCC(NC(=O)c2cc(-c3ccccc3)nc3c2cnn3C(C)C)C1. The minimum atomic E-state index is -0.141. The van der Waals surface area contributed by atoms with Crippen molar-refractivity contribution in [3.05, 3.63) is 48.2 Å². The summed E-state index contributed by atoms with van der Waals surface area (Å²) in [4.78, 5) is 30.8. The topological polar surface area (TPSA) is 88.9 Å². The fourth-order valence-electron chi connectivity index (χ4n) is 4.57. The zero-order valence-electron chi connectivity index (χ0n) is 19.8. The molecule has 1 aromatic carbocycles. The minimum Gasteiger partial charge on any atom is -0.354 e. The summed E-state index contributed by atoms with van der Waals surface area (Å²) in [6, 6.07) is 11.9. The summed E-state index contributed by atoms with van der Waals surface area (Å²) in [6.07, 6.45) is 5.06. The molecule has 4 rings (SSSR count). The number of benzene rings is 1. The number of hydrogen-bond donors (Lipinski definition) is 2. The van der Waals surface area contributed by atoms with Crippen molar-refractivity contribution in [2.45, 2.75) is 71.5 Å². The largest absolute Gasteiger partial charge is 0.354 e. The number of nitrogens with zero attached hydrogens (tertiary/aromatic N) is 3. The average molecular weight is 448 g/mol. The smallest absolute Gasteiger partial charge is 0.252 e. The predicted octanol–water partition coefficient (Wildman–Crippen LogP) is 4.49. The molecule has 7 heteroatoms. The van der Waals surface area contributed by atoms with Crippen molar-refractivity contribution in [1.82, 2.24) is 25.4 Å². The van der Waals surface area contributed by atoms with Gasteiger partial charge >= 0.3 is 0 Å². The Hall–Kier alpha value is -3.22. The highest BCUT2D eigenvalue weighted by Gasteiger charge is 2.29. The van der Waals surface area contributed by atoms with Crippen LogP contribution in [0.25, 0.3) is 22.3 Å². The second-order valence-electron chi connectivity index (χ2n) is 9.54. The number of carbonyl (C=O) groups excluding carboxylic acids is 2. The van der Waals surface area contributed by atoms with Gasteiger partial charge in [-0.25, -0.2) is 9.67 Å². The van der Waals surface area contributed by atoms with Gasteiger partial charge in [-0.15, -0.1) is 0 Å². The summed E-state index contributed by atoms with van der Waals surface area (Å²) in [6.45, 7) is 8.04. The molecule has 1 fully saturated rings.